The highest BCUT2D eigenvalue weighted by atomic mass is 35.5. The number of halogens is 3. The Kier molecular flexibility index (Phi) is 7.37. The third-order valence-electron chi connectivity index (χ3n) is 3.17. The van der Waals surface area contributed by atoms with Crippen LogP contribution in [0.5, 0.6) is 0 Å². The Bertz CT molecular complexity index is 354. The van der Waals surface area contributed by atoms with Crippen molar-refractivity contribution in [1.82, 2.24) is 10.2 Å². The molecule has 0 spiro atoms. The largest absolute Gasteiger partial charge is 0.348 e. The molecular formula is C12H22ClF2N3O2. The number of alkyl halides is 2. The fraction of sp³-hybridized carbons (Fsp3) is 0.833. The smallest absolute Gasteiger partial charge is 0.277 e. The number of nitrogens with two attached hydrogens (primary N) is 1. The van der Waals surface area contributed by atoms with Crippen LogP contribution < -0.4 is 11.1 Å². The molecule has 3 N–H and O–H groups in total. The highest BCUT2D eigenvalue weighted by molar-refractivity contribution is 5.88. The summed E-state index contributed by atoms with van der Waals surface area (Å²) in [6.45, 7) is 2.46. The third-order valence-corrected chi connectivity index (χ3v) is 3.17. The molecule has 1 unspecified atom stereocenters. The molecule has 5 nitrogen and oxygen atoms in total. The Hall–Kier alpha value is -0.950. The molecule has 1 aliphatic rings. The fourth-order valence-corrected chi connectivity index (χ4v) is 2.16. The second-order valence-corrected chi connectivity index (χ2v) is 5.16. The van der Waals surface area contributed by atoms with E-state index in [0.29, 0.717) is 19.4 Å². The van der Waals surface area contributed by atoms with Crippen LogP contribution in [0.2, 0.25) is 0 Å². The van der Waals surface area contributed by atoms with E-state index in [-0.39, 0.29) is 24.2 Å². The van der Waals surface area contributed by atoms with Crippen LogP contribution in [0.4, 0.5) is 8.78 Å². The van der Waals surface area contributed by atoms with Gasteiger partial charge in [0.2, 0.25) is 11.8 Å². The first-order valence-electron chi connectivity index (χ1n) is 6.43. The molecule has 0 aliphatic carbocycles. The Labute approximate surface area is 123 Å². The maximum Gasteiger partial charge on any atom is 0.277 e. The molecule has 0 aromatic rings. The van der Waals surface area contributed by atoms with Crippen molar-refractivity contribution in [3.05, 3.63) is 0 Å². The van der Waals surface area contributed by atoms with Crippen LogP contribution in [0, 0.1) is 5.92 Å². The van der Waals surface area contributed by atoms with Crippen molar-refractivity contribution >= 4 is 24.2 Å². The normalized spacial score (nSPS) is 17.1. The van der Waals surface area contributed by atoms with E-state index >= 15 is 0 Å². The van der Waals surface area contributed by atoms with Crippen LogP contribution in [-0.2, 0) is 9.59 Å². The minimum absolute atomic E-state index is 0. The topological polar surface area (TPSA) is 75.4 Å². The average molecular weight is 314 g/mol. The van der Waals surface area contributed by atoms with Gasteiger partial charge in [-0.25, -0.2) is 8.78 Å². The molecule has 0 aromatic heterocycles. The summed E-state index contributed by atoms with van der Waals surface area (Å²) in [7, 11) is 0. The number of nitrogens with one attached hydrogen (secondary N) is 1. The van der Waals surface area contributed by atoms with Gasteiger partial charge in [0.1, 0.15) is 6.04 Å². The second-order valence-electron chi connectivity index (χ2n) is 5.16. The molecule has 0 saturated carbocycles. The van der Waals surface area contributed by atoms with Crippen molar-refractivity contribution < 1.29 is 18.4 Å². The van der Waals surface area contributed by atoms with Crippen LogP contribution in [-0.4, -0.2) is 48.3 Å². The quantitative estimate of drug-likeness (QED) is 0.760. The van der Waals surface area contributed by atoms with E-state index in [9.17, 15) is 18.4 Å². The number of hydrogen-bond acceptors (Lipinski definition) is 3. The van der Waals surface area contributed by atoms with Crippen molar-refractivity contribution in [2.75, 3.05) is 19.6 Å². The molecule has 0 aromatic carbocycles. The van der Waals surface area contributed by atoms with E-state index in [1.54, 1.807) is 13.8 Å². The van der Waals surface area contributed by atoms with Gasteiger partial charge in [0.05, 0.1) is 13.1 Å². The SMILES string of the molecule is CC(C)C(C(=O)NCC(F)(F)CN)N1CCCC1=O.Cl. The van der Waals surface area contributed by atoms with Crippen LogP contribution >= 0.6 is 12.4 Å². The van der Waals surface area contributed by atoms with Gasteiger partial charge in [-0.3, -0.25) is 9.59 Å². The Morgan fingerprint density at radius 3 is 2.50 bits per heavy atom. The zero-order valence-electron chi connectivity index (χ0n) is 11.7. The highest BCUT2D eigenvalue weighted by Gasteiger charge is 2.36. The molecule has 2 amide bonds. The molecule has 1 rings (SSSR count). The number of carbonyl (C=O) groups is 2. The number of carbonyl (C=O) groups excluding carboxylic acids is 2. The predicted molar refractivity (Wildman–Crippen MR) is 73.8 cm³/mol. The summed E-state index contributed by atoms with van der Waals surface area (Å²) in [6, 6.07) is -0.691. The van der Waals surface area contributed by atoms with Gasteiger partial charge < -0.3 is 16.0 Å². The zero-order valence-corrected chi connectivity index (χ0v) is 12.5. The summed E-state index contributed by atoms with van der Waals surface area (Å²) >= 11 is 0. The van der Waals surface area contributed by atoms with E-state index in [4.69, 9.17) is 5.73 Å². The van der Waals surface area contributed by atoms with E-state index in [1.807, 2.05) is 0 Å². The molecular weight excluding hydrogens is 292 g/mol. The minimum Gasteiger partial charge on any atom is -0.348 e. The standard InChI is InChI=1S/C12H21F2N3O2.ClH/c1-8(2)10(17-5-3-4-9(17)18)11(19)16-7-12(13,14)6-15;/h8,10H,3-7,15H2,1-2H3,(H,16,19);1H. The lowest BCUT2D eigenvalue weighted by atomic mass is 10.0. The van der Waals surface area contributed by atoms with Crippen LogP contribution in [0.3, 0.4) is 0 Å². The van der Waals surface area contributed by atoms with Gasteiger partial charge >= 0.3 is 0 Å². The minimum atomic E-state index is -3.12. The number of rotatable bonds is 6. The fourth-order valence-electron chi connectivity index (χ4n) is 2.16. The van der Waals surface area contributed by atoms with Crippen molar-refractivity contribution in [2.24, 2.45) is 11.7 Å². The summed E-state index contributed by atoms with van der Waals surface area (Å²) in [6.07, 6.45) is 1.11. The lowest BCUT2D eigenvalue weighted by Gasteiger charge is -2.30. The first-order chi connectivity index (χ1) is 8.78. The molecule has 20 heavy (non-hydrogen) atoms. The summed E-state index contributed by atoms with van der Waals surface area (Å²) in [4.78, 5) is 25.1. The summed E-state index contributed by atoms with van der Waals surface area (Å²) in [5.74, 6) is -3.89. The zero-order chi connectivity index (χ0) is 14.6. The molecule has 1 heterocycles. The number of amides is 2. The first-order valence-corrected chi connectivity index (χ1v) is 6.43. The highest BCUT2D eigenvalue weighted by Crippen LogP contribution is 2.19. The van der Waals surface area contributed by atoms with Crippen molar-refractivity contribution in [1.29, 1.82) is 0 Å². The van der Waals surface area contributed by atoms with Gasteiger partial charge in [0.25, 0.3) is 5.92 Å². The van der Waals surface area contributed by atoms with Gasteiger partial charge in [-0.1, -0.05) is 13.8 Å². The van der Waals surface area contributed by atoms with Crippen LogP contribution in [0.25, 0.3) is 0 Å². The maximum atomic E-state index is 13.0. The maximum absolute atomic E-state index is 13.0. The summed E-state index contributed by atoms with van der Waals surface area (Å²) < 4.78 is 26.0. The lowest BCUT2D eigenvalue weighted by Crippen LogP contribution is -2.53. The van der Waals surface area contributed by atoms with Gasteiger partial charge in [-0.15, -0.1) is 12.4 Å². The molecule has 1 saturated heterocycles. The van der Waals surface area contributed by atoms with Crippen molar-refractivity contribution in [3.8, 4) is 0 Å². The first kappa shape index (κ1) is 19.1. The summed E-state index contributed by atoms with van der Waals surface area (Å²) in [5, 5.41) is 2.19. The van der Waals surface area contributed by atoms with Crippen molar-refractivity contribution in [3.63, 3.8) is 0 Å². The molecule has 118 valence electrons. The monoisotopic (exact) mass is 313 g/mol. The van der Waals surface area contributed by atoms with E-state index < -0.39 is 31.0 Å². The predicted octanol–water partition coefficient (Wildman–Crippen LogP) is 0.765. The Morgan fingerprint density at radius 2 is 2.10 bits per heavy atom. The Balaban J connectivity index is 0.00000361. The lowest BCUT2D eigenvalue weighted by molar-refractivity contribution is -0.139. The van der Waals surface area contributed by atoms with Crippen LogP contribution in [0.1, 0.15) is 26.7 Å². The molecule has 1 atom stereocenters. The van der Waals surface area contributed by atoms with E-state index in [1.165, 1.54) is 4.90 Å². The van der Waals surface area contributed by atoms with E-state index in [0.717, 1.165) is 0 Å². The second kappa shape index (κ2) is 7.73. The van der Waals surface area contributed by atoms with Crippen molar-refractivity contribution in [2.45, 2.75) is 38.7 Å². The molecule has 0 radical (unpaired) electrons. The van der Waals surface area contributed by atoms with Crippen LogP contribution in [0.15, 0.2) is 0 Å². The van der Waals surface area contributed by atoms with Gasteiger partial charge in [0, 0.05) is 13.0 Å². The average Bonchev–Trinajstić information content (AvgIpc) is 2.73. The Morgan fingerprint density at radius 1 is 1.50 bits per heavy atom. The van der Waals surface area contributed by atoms with Gasteiger partial charge in [0.15, 0.2) is 0 Å². The number of hydrogen-bond donors (Lipinski definition) is 2. The molecule has 8 heteroatoms. The van der Waals surface area contributed by atoms with Gasteiger partial charge in [-0.2, -0.15) is 0 Å². The van der Waals surface area contributed by atoms with Gasteiger partial charge in [-0.05, 0) is 12.3 Å². The molecule has 1 aliphatic heterocycles. The molecule has 1 fully saturated rings. The number of likely N-dealkylation sites (tertiary alicyclic amines) is 1. The number of nitrogens with zero attached hydrogens (tertiary/aromatic N) is 1. The molecule has 0 bridgehead atoms. The summed E-state index contributed by atoms with van der Waals surface area (Å²) in [5.41, 5.74) is 4.91. The van der Waals surface area contributed by atoms with E-state index in [2.05, 4.69) is 5.32 Å². The third kappa shape index (κ3) is 4.86.